The minimum Gasteiger partial charge on any atom is -0.464 e. The van der Waals surface area contributed by atoms with E-state index in [9.17, 15) is 0 Å². The lowest BCUT2D eigenvalue weighted by molar-refractivity contribution is 0.290. The van der Waals surface area contributed by atoms with Crippen molar-refractivity contribution >= 4 is 0 Å². The first-order valence-corrected chi connectivity index (χ1v) is 7.02. The van der Waals surface area contributed by atoms with Gasteiger partial charge in [-0.25, -0.2) is 0 Å². The average Bonchev–Trinajstić information content (AvgIpc) is 2.82. The Morgan fingerprint density at radius 3 is 2.47 bits per heavy atom. The Kier molecular flexibility index (Phi) is 6.35. The molecular formula is C15H27NO. The maximum atomic E-state index is 5.89. The van der Waals surface area contributed by atoms with E-state index in [1.807, 2.05) is 7.05 Å². The number of rotatable bonds is 8. The zero-order valence-corrected chi connectivity index (χ0v) is 11.8. The van der Waals surface area contributed by atoms with Crippen LogP contribution >= 0.6 is 0 Å². The van der Waals surface area contributed by atoms with Gasteiger partial charge in [0.1, 0.15) is 11.5 Å². The molecule has 1 aromatic heterocycles. The standard InChI is InChI=1S/C15H27NO/c1-5-8-9-12(6-2)15(16-4)14-11-10-13(7-3)17-14/h10-12,15-16H,5-9H2,1-4H3. The molecule has 2 unspecified atom stereocenters. The van der Waals surface area contributed by atoms with E-state index in [0.29, 0.717) is 12.0 Å². The van der Waals surface area contributed by atoms with Gasteiger partial charge in [-0.3, -0.25) is 0 Å². The maximum absolute atomic E-state index is 5.89. The summed E-state index contributed by atoms with van der Waals surface area (Å²) in [4.78, 5) is 0. The van der Waals surface area contributed by atoms with Crippen LogP contribution in [0.15, 0.2) is 16.5 Å². The molecule has 0 aliphatic carbocycles. The molecule has 0 amide bonds. The zero-order valence-electron chi connectivity index (χ0n) is 11.8. The molecule has 0 bridgehead atoms. The summed E-state index contributed by atoms with van der Waals surface area (Å²) < 4.78 is 5.89. The molecule has 17 heavy (non-hydrogen) atoms. The Labute approximate surface area is 106 Å². The molecule has 0 radical (unpaired) electrons. The van der Waals surface area contributed by atoms with Crippen molar-refractivity contribution in [3.8, 4) is 0 Å². The molecule has 0 fully saturated rings. The van der Waals surface area contributed by atoms with Crippen LogP contribution in [0.5, 0.6) is 0 Å². The second-order valence-electron chi connectivity index (χ2n) is 4.73. The molecule has 1 aromatic rings. The number of hydrogen-bond donors (Lipinski definition) is 1. The van der Waals surface area contributed by atoms with Crippen LogP contribution in [-0.2, 0) is 6.42 Å². The predicted octanol–water partition coefficient (Wildman–Crippen LogP) is 4.32. The second-order valence-corrected chi connectivity index (χ2v) is 4.73. The van der Waals surface area contributed by atoms with E-state index in [1.54, 1.807) is 0 Å². The van der Waals surface area contributed by atoms with Crippen molar-refractivity contribution in [2.75, 3.05) is 7.05 Å². The van der Waals surface area contributed by atoms with Gasteiger partial charge in [-0.1, -0.05) is 40.0 Å². The highest BCUT2D eigenvalue weighted by Crippen LogP contribution is 2.30. The minimum atomic E-state index is 0.367. The summed E-state index contributed by atoms with van der Waals surface area (Å²) in [5.41, 5.74) is 0. The van der Waals surface area contributed by atoms with Gasteiger partial charge in [-0.2, -0.15) is 0 Å². The summed E-state index contributed by atoms with van der Waals surface area (Å²) in [5, 5.41) is 3.42. The third-order valence-electron chi connectivity index (χ3n) is 3.57. The lowest BCUT2D eigenvalue weighted by Gasteiger charge is -2.24. The minimum absolute atomic E-state index is 0.367. The Morgan fingerprint density at radius 2 is 2.00 bits per heavy atom. The average molecular weight is 237 g/mol. The van der Waals surface area contributed by atoms with E-state index >= 15 is 0 Å². The Bertz CT molecular complexity index is 306. The third-order valence-corrected chi connectivity index (χ3v) is 3.57. The van der Waals surface area contributed by atoms with E-state index in [2.05, 4.69) is 38.2 Å². The van der Waals surface area contributed by atoms with Gasteiger partial charge in [0.15, 0.2) is 0 Å². The van der Waals surface area contributed by atoms with Crippen LogP contribution in [0.25, 0.3) is 0 Å². The van der Waals surface area contributed by atoms with E-state index < -0.39 is 0 Å². The SMILES string of the molecule is CCCCC(CC)C(NC)c1ccc(CC)o1. The van der Waals surface area contributed by atoms with Crippen LogP contribution < -0.4 is 5.32 Å². The largest absolute Gasteiger partial charge is 0.464 e. The van der Waals surface area contributed by atoms with Crippen molar-refractivity contribution in [2.24, 2.45) is 5.92 Å². The van der Waals surface area contributed by atoms with E-state index in [0.717, 1.165) is 17.9 Å². The summed E-state index contributed by atoms with van der Waals surface area (Å²) in [7, 11) is 2.04. The molecule has 2 nitrogen and oxygen atoms in total. The molecule has 0 saturated carbocycles. The molecule has 0 aliphatic heterocycles. The van der Waals surface area contributed by atoms with Crippen LogP contribution in [0, 0.1) is 5.92 Å². The molecule has 98 valence electrons. The quantitative estimate of drug-likeness (QED) is 0.728. The van der Waals surface area contributed by atoms with Crippen LogP contribution in [0.2, 0.25) is 0 Å². The van der Waals surface area contributed by atoms with Crippen molar-refractivity contribution in [3.63, 3.8) is 0 Å². The molecule has 2 heteroatoms. The maximum Gasteiger partial charge on any atom is 0.121 e. The molecule has 0 spiro atoms. The molecule has 0 aliphatic rings. The van der Waals surface area contributed by atoms with Crippen LogP contribution in [-0.4, -0.2) is 7.05 Å². The number of aryl methyl sites for hydroxylation is 1. The fraction of sp³-hybridized carbons (Fsp3) is 0.733. The van der Waals surface area contributed by atoms with Gasteiger partial charge in [0.05, 0.1) is 6.04 Å². The number of unbranched alkanes of at least 4 members (excludes halogenated alkanes) is 1. The van der Waals surface area contributed by atoms with Crippen LogP contribution in [0.3, 0.4) is 0 Å². The van der Waals surface area contributed by atoms with E-state index in [4.69, 9.17) is 4.42 Å². The summed E-state index contributed by atoms with van der Waals surface area (Å²) in [6.07, 6.45) is 6.03. The van der Waals surface area contributed by atoms with Gasteiger partial charge in [-0.15, -0.1) is 0 Å². The van der Waals surface area contributed by atoms with Gasteiger partial charge < -0.3 is 9.73 Å². The van der Waals surface area contributed by atoms with Gasteiger partial charge in [0.25, 0.3) is 0 Å². The summed E-state index contributed by atoms with van der Waals surface area (Å²) in [6.45, 7) is 6.66. The van der Waals surface area contributed by atoms with E-state index in [-0.39, 0.29) is 0 Å². The Hall–Kier alpha value is -0.760. The predicted molar refractivity (Wildman–Crippen MR) is 73.2 cm³/mol. The summed E-state index contributed by atoms with van der Waals surface area (Å²) in [6, 6.07) is 4.60. The smallest absolute Gasteiger partial charge is 0.121 e. The van der Waals surface area contributed by atoms with Crippen LogP contribution in [0.4, 0.5) is 0 Å². The number of furan rings is 1. The highest BCUT2D eigenvalue weighted by atomic mass is 16.3. The fourth-order valence-corrected chi connectivity index (χ4v) is 2.43. The lowest BCUT2D eigenvalue weighted by Crippen LogP contribution is -2.24. The Balaban J connectivity index is 2.73. The second kappa shape index (κ2) is 7.54. The highest BCUT2D eigenvalue weighted by molar-refractivity contribution is 5.11. The molecule has 1 rings (SSSR count). The topological polar surface area (TPSA) is 25.2 Å². The monoisotopic (exact) mass is 237 g/mol. The number of nitrogens with one attached hydrogen (secondary N) is 1. The van der Waals surface area contributed by atoms with Gasteiger partial charge in [-0.05, 0) is 31.5 Å². The Morgan fingerprint density at radius 1 is 1.24 bits per heavy atom. The lowest BCUT2D eigenvalue weighted by atomic mass is 9.90. The third kappa shape index (κ3) is 3.88. The van der Waals surface area contributed by atoms with Crippen molar-refractivity contribution in [1.82, 2.24) is 5.32 Å². The van der Waals surface area contributed by atoms with Gasteiger partial charge in [0, 0.05) is 6.42 Å². The highest BCUT2D eigenvalue weighted by Gasteiger charge is 2.22. The zero-order chi connectivity index (χ0) is 12.7. The van der Waals surface area contributed by atoms with Crippen molar-refractivity contribution in [1.29, 1.82) is 0 Å². The molecule has 1 N–H and O–H groups in total. The van der Waals surface area contributed by atoms with Crippen molar-refractivity contribution in [2.45, 2.75) is 58.9 Å². The molecule has 1 heterocycles. The van der Waals surface area contributed by atoms with Crippen molar-refractivity contribution < 1.29 is 4.42 Å². The van der Waals surface area contributed by atoms with Crippen LogP contribution in [0.1, 0.15) is 64.0 Å². The van der Waals surface area contributed by atoms with E-state index in [1.165, 1.54) is 25.7 Å². The number of hydrogen-bond acceptors (Lipinski definition) is 2. The van der Waals surface area contributed by atoms with Gasteiger partial charge >= 0.3 is 0 Å². The molecule has 2 atom stereocenters. The van der Waals surface area contributed by atoms with Gasteiger partial charge in [0.2, 0.25) is 0 Å². The molecule has 0 aromatic carbocycles. The first-order chi connectivity index (χ1) is 8.26. The summed E-state index contributed by atoms with van der Waals surface area (Å²) >= 11 is 0. The van der Waals surface area contributed by atoms with Crippen molar-refractivity contribution in [3.05, 3.63) is 23.7 Å². The first kappa shape index (κ1) is 14.3. The normalized spacial score (nSPS) is 14.8. The first-order valence-electron chi connectivity index (χ1n) is 7.02. The summed E-state index contributed by atoms with van der Waals surface area (Å²) in [5.74, 6) is 2.87. The fourth-order valence-electron chi connectivity index (χ4n) is 2.43. The molecule has 0 saturated heterocycles. The molecular weight excluding hydrogens is 210 g/mol.